The van der Waals surface area contributed by atoms with Crippen LogP contribution in [-0.4, -0.2) is 42.4 Å². The summed E-state index contributed by atoms with van der Waals surface area (Å²) in [6, 6.07) is 12.3. The van der Waals surface area contributed by atoms with Gasteiger partial charge in [0.1, 0.15) is 41.4 Å². The Bertz CT molecular complexity index is 1430. The summed E-state index contributed by atoms with van der Waals surface area (Å²) in [5.74, 6) is 1.06. The van der Waals surface area contributed by atoms with Crippen molar-refractivity contribution in [1.82, 2.24) is 24.5 Å². The number of halogens is 3. The smallest absolute Gasteiger partial charge is 0.491 e. The van der Waals surface area contributed by atoms with Gasteiger partial charge in [-0.15, -0.1) is 18.3 Å². The summed E-state index contributed by atoms with van der Waals surface area (Å²) < 4.78 is 55.8. The van der Waals surface area contributed by atoms with E-state index in [-0.39, 0.29) is 23.6 Å². The molecule has 3 heterocycles. The van der Waals surface area contributed by atoms with Crippen LogP contribution in [0.3, 0.4) is 0 Å². The zero-order valence-corrected chi connectivity index (χ0v) is 20.0. The summed E-state index contributed by atoms with van der Waals surface area (Å²) in [7, 11) is 0. The molecule has 0 aliphatic carbocycles. The first-order chi connectivity index (χ1) is 18.1. The Morgan fingerprint density at radius 3 is 2.53 bits per heavy atom. The van der Waals surface area contributed by atoms with E-state index in [4.69, 9.17) is 9.47 Å². The molecular formula is C24H21F3N6O5. The number of benzene rings is 2. The Morgan fingerprint density at radius 2 is 1.82 bits per heavy atom. The molecule has 0 fully saturated rings. The highest BCUT2D eigenvalue weighted by atomic mass is 19.4. The van der Waals surface area contributed by atoms with Crippen molar-refractivity contribution in [2.45, 2.75) is 32.9 Å². The maximum Gasteiger partial charge on any atom is 0.573 e. The van der Waals surface area contributed by atoms with Crippen LogP contribution in [0.2, 0.25) is 0 Å². The quantitative estimate of drug-likeness (QED) is 0.229. The van der Waals surface area contributed by atoms with Crippen LogP contribution in [0.1, 0.15) is 18.4 Å². The molecule has 0 saturated carbocycles. The van der Waals surface area contributed by atoms with Crippen molar-refractivity contribution >= 4 is 5.82 Å². The highest BCUT2D eigenvalue weighted by Gasteiger charge is 2.39. The van der Waals surface area contributed by atoms with Crippen molar-refractivity contribution in [3.8, 4) is 22.9 Å². The van der Waals surface area contributed by atoms with Gasteiger partial charge in [0.25, 0.3) is 0 Å². The zero-order chi connectivity index (χ0) is 26.9. The van der Waals surface area contributed by atoms with Crippen molar-refractivity contribution in [3.05, 3.63) is 82.6 Å². The molecule has 38 heavy (non-hydrogen) atoms. The molecule has 4 aromatic rings. The van der Waals surface area contributed by atoms with E-state index in [9.17, 15) is 23.3 Å². The molecule has 0 bridgehead atoms. The molecule has 0 unspecified atom stereocenters. The van der Waals surface area contributed by atoms with Crippen molar-refractivity contribution in [1.29, 1.82) is 0 Å². The van der Waals surface area contributed by atoms with E-state index in [1.165, 1.54) is 18.3 Å². The average Bonchev–Trinajstić information content (AvgIpc) is 3.56. The number of imidazole rings is 1. The van der Waals surface area contributed by atoms with E-state index < -0.39 is 11.3 Å². The molecule has 2 aromatic heterocycles. The first-order valence-electron chi connectivity index (χ1n) is 11.4. The Morgan fingerprint density at radius 1 is 1.08 bits per heavy atom. The number of alkyl halides is 3. The minimum atomic E-state index is -4.76. The molecule has 5 rings (SSSR count). The van der Waals surface area contributed by atoms with Gasteiger partial charge in [0.15, 0.2) is 0 Å². The van der Waals surface area contributed by atoms with E-state index in [0.717, 1.165) is 12.1 Å². The molecule has 1 aliphatic heterocycles. The van der Waals surface area contributed by atoms with Crippen molar-refractivity contribution in [2.75, 3.05) is 6.61 Å². The predicted octanol–water partition coefficient (Wildman–Crippen LogP) is 4.49. The Balaban J connectivity index is 1.20. The number of hydrogen-bond acceptors (Lipinski definition) is 8. The second kappa shape index (κ2) is 9.68. The lowest BCUT2D eigenvalue weighted by atomic mass is 9.90. The third-order valence-electron chi connectivity index (χ3n) is 5.84. The van der Waals surface area contributed by atoms with Gasteiger partial charge in [-0.1, -0.05) is 24.3 Å². The highest BCUT2D eigenvalue weighted by molar-refractivity contribution is 5.46. The van der Waals surface area contributed by atoms with Gasteiger partial charge < -0.3 is 28.9 Å². The largest absolute Gasteiger partial charge is 0.573 e. The maximum absolute atomic E-state index is 12.3. The molecule has 11 nitrogen and oxygen atoms in total. The van der Waals surface area contributed by atoms with Crippen LogP contribution in [0.5, 0.6) is 17.2 Å². The van der Waals surface area contributed by atoms with E-state index in [2.05, 4.69) is 20.0 Å². The third kappa shape index (κ3) is 5.68. The number of nitro groups is 1. The number of rotatable bonds is 9. The lowest BCUT2D eigenvalue weighted by Crippen LogP contribution is -2.27. The van der Waals surface area contributed by atoms with Crippen LogP contribution in [0.15, 0.2) is 60.9 Å². The van der Waals surface area contributed by atoms with Crippen LogP contribution < -0.4 is 14.2 Å². The number of hydrogen-bond donors (Lipinski definition) is 0. The number of aromatic nitrogens is 5. The van der Waals surface area contributed by atoms with Crippen molar-refractivity contribution in [2.24, 2.45) is 5.41 Å². The van der Waals surface area contributed by atoms with Gasteiger partial charge in [0, 0.05) is 18.4 Å². The van der Waals surface area contributed by atoms with Crippen LogP contribution in [0.25, 0.3) is 5.69 Å². The SMILES string of the molecule is C[C@@]1(COc2ccccc2-n2cc(COc3ccc(OC(F)(F)F)cc3)nn2)Cc2nc([N+](=O)[O-])cn2C1. The number of para-hydroxylation sites is 2. The first-order valence-corrected chi connectivity index (χ1v) is 11.4. The lowest BCUT2D eigenvalue weighted by molar-refractivity contribution is -0.389. The van der Waals surface area contributed by atoms with Gasteiger partial charge in [-0.2, -0.15) is 0 Å². The fourth-order valence-electron chi connectivity index (χ4n) is 4.15. The predicted molar refractivity (Wildman–Crippen MR) is 125 cm³/mol. The highest BCUT2D eigenvalue weighted by Crippen LogP contribution is 2.35. The van der Waals surface area contributed by atoms with E-state index in [1.807, 2.05) is 25.1 Å². The number of ether oxygens (including phenoxy) is 3. The molecular weight excluding hydrogens is 509 g/mol. The third-order valence-corrected chi connectivity index (χ3v) is 5.84. The fourth-order valence-corrected chi connectivity index (χ4v) is 4.15. The second-order valence-electron chi connectivity index (χ2n) is 9.11. The summed E-state index contributed by atoms with van der Waals surface area (Å²) in [5, 5.41) is 19.2. The van der Waals surface area contributed by atoms with Gasteiger partial charge in [0.05, 0.1) is 12.8 Å². The lowest BCUT2D eigenvalue weighted by Gasteiger charge is -2.23. The summed E-state index contributed by atoms with van der Waals surface area (Å²) in [5.41, 5.74) is 0.840. The van der Waals surface area contributed by atoms with E-state index in [0.29, 0.717) is 48.3 Å². The normalized spacial score (nSPS) is 16.7. The van der Waals surface area contributed by atoms with E-state index >= 15 is 0 Å². The van der Waals surface area contributed by atoms with Crippen molar-refractivity contribution < 1.29 is 32.3 Å². The van der Waals surface area contributed by atoms with Gasteiger partial charge in [-0.3, -0.25) is 0 Å². The summed E-state index contributed by atoms with van der Waals surface area (Å²) in [6.45, 7) is 2.96. The van der Waals surface area contributed by atoms with Gasteiger partial charge in [-0.25, -0.2) is 4.68 Å². The molecule has 1 atom stereocenters. The Kier molecular flexibility index (Phi) is 6.38. The van der Waals surface area contributed by atoms with Crippen LogP contribution in [0, 0.1) is 15.5 Å². The molecule has 2 aromatic carbocycles. The molecule has 0 saturated heterocycles. The zero-order valence-electron chi connectivity index (χ0n) is 20.0. The van der Waals surface area contributed by atoms with Crippen LogP contribution >= 0.6 is 0 Å². The van der Waals surface area contributed by atoms with E-state index in [1.54, 1.807) is 21.5 Å². The maximum atomic E-state index is 12.3. The minimum Gasteiger partial charge on any atom is -0.491 e. The van der Waals surface area contributed by atoms with Crippen LogP contribution in [0.4, 0.5) is 19.0 Å². The van der Waals surface area contributed by atoms with Gasteiger partial charge in [0.2, 0.25) is 5.82 Å². The molecule has 0 amide bonds. The van der Waals surface area contributed by atoms with Gasteiger partial charge >= 0.3 is 12.2 Å². The molecule has 1 aliphatic rings. The number of fused-ring (bicyclic) bond motifs is 1. The average molecular weight is 530 g/mol. The summed E-state index contributed by atoms with van der Waals surface area (Å²) >= 11 is 0. The first kappa shape index (κ1) is 25.0. The van der Waals surface area contributed by atoms with Crippen LogP contribution in [-0.2, 0) is 19.6 Å². The summed E-state index contributed by atoms with van der Waals surface area (Å²) in [6.07, 6.45) is -1.12. The van der Waals surface area contributed by atoms with Crippen molar-refractivity contribution in [3.63, 3.8) is 0 Å². The molecule has 0 radical (unpaired) electrons. The minimum absolute atomic E-state index is 0.0399. The fraction of sp³-hybridized carbons (Fsp3) is 0.292. The summed E-state index contributed by atoms with van der Waals surface area (Å²) in [4.78, 5) is 14.5. The Hall–Kier alpha value is -4.62. The van der Waals surface area contributed by atoms with Gasteiger partial charge in [-0.05, 0) is 46.3 Å². The topological polar surface area (TPSA) is 119 Å². The number of nitrogens with zero attached hydrogens (tertiary/aromatic N) is 6. The molecule has 14 heteroatoms. The second-order valence-corrected chi connectivity index (χ2v) is 9.11. The molecule has 0 N–H and O–H groups in total. The molecule has 0 spiro atoms. The Labute approximate surface area is 213 Å². The monoisotopic (exact) mass is 530 g/mol. The molecule has 198 valence electrons. The standard InChI is InChI=1S/C24H21F3N6O5/c1-23(10-21-28-22(33(34)35)12-31(21)14-23)15-37-20-5-3-2-4-19(20)32-11-16(29-30-32)13-36-17-6-8-18(9-7-17)38-24(25,26)27/h2-9,11-12H,10,13-15H2,1H3/t23-/m1/s1.